The molecule has 0 aliphatic rings. The van der Waals surface area contributed by atoms with Gasteiger partial charge in [0.2, 0.25) is 5.95 Å². The highest BCUT2D eigenvalue weighted by atomic mass is 19.1. The fourth-order valence-electron chi connectivity index (χ4n) is 1.71. The lowest BCUT2D eigenvalue weighted by atomic mass is 10.2. The van der Waals surface area contributed by atoms with E-state index in [1.54, 1.807) is 11.9 Å². The number of para-hydroxylation sites is 1. The van der Waals surface area contributed by atoms with Gasteiger partial charge in [-0.3, -0.25) is 9.78 Å². The number of hydrogen-bond donors (Lipinski definition) is 2. The molecule has 0 aliphatic heterocycles. The molecule has 21 heavy (non-hydrogen) atoms. The van der Waals surface area contributed by atoms with Gasteiger partial charge in [-0.05, 0) is 26.0 Å². The van der Waals surface area contributed by atoms with E-state index in [0.29, 0.717) is 12.5 Å². The summed E-state index contributed by atoms with van der Waals surface area (Å²) in [5.41, 5.74) is -0.436. The fraction of sp³-hybridized carbons (Fsp3) is 0.286. The number of aromatic nitrogens is 2. The number of anilines is 3. The minimum Gasteiger partial charge on any atom is -0.346 e. The molecule has 1 aromatic carbocycles. The van der Waals surface area contributed by atoms with E-state index >= 15 is 0 Å². The molecule has 2 N–H and O–H groups in total. The van der Waals surface area contributed by atoms with Crippen LogP contribution in [0.3, 0.4) is 0 Å². The number of aromatic amines is 1. The number of benzene rings is 1. The number of nitrogens with zero attached hydrogens (tertiary/aromatic N) is 2. The zero-order valence-electron chi connectivity index (χ0n) is 12.0. The molecule has 0 fully saturated rings. The predicted octanol–water partition coefficient (Wildman–Crippen LogP) is 2.56. The summed E-state index contributed by atoms with van der Waals surface area (Å²) in [7, 11) is 1.75. The van der Waals surface area contributed by atoms with E-state index in [2.05, 4.69) is 15.3 Å². The van der Waals surface area contributed by atoms with E-state index in [1.165, 1.54) is 13.0 Å². The van der Waals surface area contributed by atoms with Crippen molar-refractivity contribution in [3.8, 4) is 0 Å². The molecule has 7 heteroatoms. The zero-order valence-corrected chi connectivity index (χ0v) is 12.0. The number of halogens is 2. The summed E-state index contributed by atoms with van der Waals surface area (Å²) in [6.07, 6.45) is 0. The second kappa shape index (κ2) is 5.90. The summed E-state index contributed by atoms with van der Waals surface area (Å²) in [6.45, 7) is 4.05. The third-order valence-corrected chi connectivity index (χ3v) is 3.18. The lowest BCUT2D eigenvalue weighted by Crippen LogP contribution is -2.24. The molecule has 0 saturated heterocycles. The van der Waals surface area contributed by atoms with Crippen molar-refractivity contribution in [1.29, 1.82) is 0 Å². The van der Waals surface area contributed by atoms with Crippen molar-refractivity contribution >= 4 is 17.5 Å². The van der Waals surface area contributed by atoms with Gasteiger partial charge in [0, 0.05) is 13.6 Å². The van der Waals surface area contributed by atoms with Gasteiger partial charge in [-0.15, -0.1) is 0 Å². The molecule has 1 aromatic heterocycles. The van der Waals surface area contributed by atoms with E-state index in [0.717, 1.165) is 12.1 Å². The van der Waals surface area contributed by atoms with Gasteiger partial charge < -0.3 is 10.2 Å². The van der Waals surface area contributed by atoms with Crippen molar-refractivity contribution < 1.29 is 8.78 Å². The van der Waals surface area contributed by atoms with E-state index in [-0.39, 0.29) is 22.6 Å². The molecule has 0 aliphatic carbocycles. The van der Waals surface area contributed by atoms with Gasteiger partial charge in [0.25, 0.3) is 5.56 Å². The van der Waals surface area contributed by atoms with Crippen LogP contribution in [0.5, 0.6) is 0 Å². The summed E-state index contributed by atoms with van der Waals surface area (Å²) in [4.78, 5) is 20.4. The maximum atomic E-state index is 13.7. The summed E-state index contributed by atoms with van der Waals surface area (Å²) >= 11 is 0. The molecular weight excluding hydrogens is 278 g/mol. The topological polar surface area (TPSA) is 61.0 Å². The summed E-state index contributed by atoms with van der Waals surface area (Å²) in [5, 5.41) is 2.56. The van der Waals surface area contributed by atoms with E-state index in [9.17, 15) is 13.6 Å². The quantitative estimate of drug-likeness (QED) is 0.910. The third kappa shape index (κ3) is 3.01. The molecule has 0 atom stereocenters. The molecule has 1 heterocycles. The fourth-order valence-corrected chi connectivity index (χ4v) is 1.71. The van der Waals surface area contributed by atoms with Gasteiger partial charge in [-0.1, -0.05) is 6.07 Å². The second-order valence-corrected chi connectivity index (χ2v) is 4.60. The molecule has 0 spiro atoms. The monoisotopic (exact) mass is 294 g/mol. The van der Waals surface area contributed by atoms with Crippen LogP contribution in [0.1, 0.15) is 12.5 Å². The van der Waals surface area contributed by atoms with E-state index < -0.39 is 11.6 Å². The molecule has 2 rings (SSSR count). The smallest absolute Gasteiger partial charge is 0.257 e. The van der Waals surface area contributed by atoms with Gasteiger partial charge >= 0.3 is 0 Å². The van der Waals surface area contributed by atoms with Gasteiger partial charge in [-0.25, -0.2) is 8.78 Å². The van der Waals surface area contributed by atoms with Crippen LogP contribution in [0, 0.1) is 18.6 Å². The average molecular weight is 294 g/mol. The molecular formula is C14H16F2N4O. The van der Waals surface area contributed by atoms with Crippen LogP contribution in [0.2, 0.25) is 0 Å². The standard InChI is InChI=1S/C14H16F2N4O/c1-4-20(3)14-18-12(8(2)13(21)19-14)17-11-9(15)6-5-7-10(11)16/h5-7H,4H2,1-3H3,(H2,17,18,19,21). The molecule has 0 bridgehead atoms. The Labute approximate surface area is 120 Å². The molecule has 0 amide bonds. The zero-order chi connectivity index (χ0) is 15.6. The number of H-pyrrole nitrogens is 1. The van der Waals surface area contributed by atoms with Crippen LogP contribution in [0.25, 0.3) is 0 Å². The number of hydrogen-bond acceptors (Lipinski definition) is 4. The second-order valence-electron chi connectivity index (χ2n) is 4.60. The van der Waals surface area contributed by atoms with Gasteiger partial charge in [0.05, 0.1) is 5.56 Å². The van der Waals surface area contributed by atoms with Crippen LogP contribution in [0.4, 0.5) is 26.2 Å². The van der Waals surface area contributed by atoms with E-state index in [1.807, 2.05) is 6.92 Å². The largest absolute Gasteiger partial charge is 0.346 e. The van der Waals surface area contributed by atoms with Crippen molar-refractivity contribution in [1.82, 2.24) is 9.97 Å². The Bertz CT molecular complexity index is 694. The average Bonchev–Trinajstić information content (AvgIpc) is 2.46. The van der Waals surface area contributed by atoms with Crippen LogP contribution < -0.4 is 15.8 Å². The summed E-state index contributed by atoms with van der Waals surface area (Å²) in [5.74, 6) is -1.05. The Hall–Kier alpha value is -2.44. The minimum atomic E-state index is -0.748. The Kier molecular flexibility index (Phi) is 4.21. The first-order valence-corrected chi connectivity index (χ1v) is 6.47. The summed E-state index contributed by atoms with van der Waals surface area (Å²) in [6, 6.07) is 3.53. The first-order valence-electron chi connectivity index (χ1n) is 6.47. The van der Waals surface area contributed by atoms with Crippen molar-refractivity contribution in [3.63, 3.8) is 0 Å². The normalized spacial score (nSPS) is 10.5. The van der Waals surface area contributed by atoms with E-state index in [4.69, 9.17) is 0 Å². The first-order chi connectivity index (χ1) is 9.93. The van der Waals surface area contributed by atoms with Gasteiger partial charge in [-0.2, -0.15) is 4.98 Å². The van der Waals surface area contributed by atoms with Crippen molar-refractivity contribution in [3.05, 3.63) is 45.8 Å². The van der Waals surface area contributed by atoms with Crippen LogP contribution >= 0.6 is 0 Å². The van der Waals surface area contributed by atoms with Crippen molar-refractivity contribution in [2.24, 2.45) is 0 Å². The summed E-state index contributed by atoms with van der Waals surface area (Å²) < 4.78 is 27.3. The molecule has 0 unspecified atom stereocenters. The first kappa shape index (κ1) is 15.0. The van der Waals surface area contributed by atoms with Crippen LogP contribution in [-0.4, -0.2) is 23.6 Å². The van der Waals surface area contributed by atoms with Crippen molar-refractivity contribution in [2.75, 3.05) is 23.8 Å². The molecule has 5 nitrogen and oxygen atoms in total. The highest BCUT2D eigenvalue weighted by Gasteiger charge is 2.14. The lowest BCUT2D eigenvalue weighted by molar-refractivity contribution is 0.590. The highest BCUT2D eigenvalue weighted by Crippen LogP contribution is 2.23. The molecule has 2 aromatic rings. The Morgan fingerprint density at radius 2 is 1.95 bits per heavy atom. The maximum Gasteiger partial charge on any atom is 0.257 e. The Morgan fingerprint density at radius 3 is 2.52 bits per heavy atom. The third-order valence-electron chi connectivity index (χ3n) is 3.18. The highest BCUT2D eigenvalue weighted by molar-refractivity contribution is 5.61. The molecule has 112 valence electrons. The maximum absolute atomic E-state index is 13.7. The molecule has 0 radical (unpaired) electrons. The molecule has 0 saturated carbocycles. The SMILES string of the molecule is CCN(C)c1nc(Nc2c(F)cccc2F)c(C)c(=O)[nH]1. The van der Waals surface area contributed by atoms with Crippen molar-refractivity contribution in [2.45, 2.75) is 13.8 Å². The van der Waals surface area contributed by atoms with Gasteiger partial charge in [0.15, 0.2) is 0 Å². The lowest BCUT2D eigenvalue weighted by Gasteiger charge is -2.17. The minimum absolute atomic E-state index is 0.123. The predicted molar refractivity (Wildman–Crippen MR) is 78.2 cm³/mol. The number of rotatable bonds is 4. The Balaban J connectivity index is 2.49. The van der Waals surface area contributed by atoms with Crippen LogP contribution in [0.15, 0.2) is 23.0 Å². The Morgan fingerprint density at radius 1 is 1.33 bits per heavy atom. The number of nitrogens with one attached hydrogen (secondary N) is 2. The van der Waals surface area contributed by atoms with Crippen LogP contribution in [-0.2, 0) is 0 Å². The van der Waals surface area contributed by atoms with Gasteiger partial charge in [0.1, 0.15) is 23.1 Å².